The molecule has 0 radical (unpaired) electrons. The van der Waals surface area contributed by atoms with Crippen molar-refractivity contribution in [3.8, 4) is 0 Å². The lowest BCUT2D eigenvalue weighted by Gasteiger charge is -2.25. The maximum absolute atomic E-state index is 11.1. The fourth-order valence-electron chi connectivity index (χ4n) is 2.20. The van der Waals surface area contributed by atoms with Crippen LogP contribution in [0.4, 0.5) is 0 Å². The van der Waals surface area contributed by atoms with Gasteiger partial charge >= 0.3 is 5.97 Å². The number of nitrogens with zero attached hydrogens (tertiary/aromatic N) is 1. The van der Waals surface area contributed by atoms with Gasteiger partial charge in [-0.3, -0.25) is 9.69 Å². The second-order valence-electron chi connectivity index (χ2n) is 4.64. The van der Waals surface area contributed by atoms with Gasteiger partial charge in [-0.1, -0.05) is 23.2 Å². The molecule has 1 aliphatic rings. The van der Waals surface area contributed by atoms with Gasteiger partial charge in [-0.2, -0.15) is 0 Å². The van der Waals surface area contributed by atoms with Crippen LogP contribution in [0, 0.1) is 0 Å². The first-order valence-electron chi connectivity index (χ1n) is 5.54. The van der Waals surface area contributed by atoms with Crippen molar-refractivity contribution >= 4 is 40.5 Å². The average molecular weight is 309 g/mol. The molecule has 2 rings (SSSR count). The Labute approximate surface area is 119 Å². The Morgan fingerprint density at radius 3 is 2.78 bits per heavy atom. The lowest BCUT2D eigenvalue weighted by Crippen LogP contribution is -2.50. The maximum Gasteiger partial charge on any atom is 0.325 e. The second-order valence-corrected chi connectivity index (χ2v) is 6.92. The Morgan fingerprint density at radius 1 is 1.67 bits per heavy atom. The van der Waals surface area contributed by atoms with Crippen molar-refractivity contribution < 1.29 is 9.90 Å². The number of hydrogen-bond acceptors (Lipinski definition) is 4. The molecule has 0 spiro atoms. The van der Waals surface area contributed by atoms with Crippen LogP contribution in [-0.2, 0) is 4.79 Å². The number of likely N-dealkylation sites (tertiary alicyclic amines) is 1. The number of carbonyl (C=O) groups is 1. The topological polar surface area (TPSA) is 66.6 Å². The van der Waals surface area contributed by atoms with Gasteiger partial charge in [0, 0.05) is 24.7 Å². The smallest absolute Gasteiger partial charge is 0.325 e. The molecule has 3 N–H and O–H groups in total. The molecule has 2 atom stereocenters. The highest BCUT2D eigenvalue weighted by molar-refractivity contribution is 7.20. The zero-order valence-electron chi connectivity index (χ0n) is 9.82. The van der Waals surface area contributed by atoms with Gasteiger partial charge in [-0.05, 0) is 19.4 Å². The molecular weight excluding hydrogens is 295 g/mol. The summed E-state index contributed by atoms with van der Waals surface area (Å²) in [5.74, 6) is -0.952. The summed E-state index contributed by atoms with van der Waals surface area (Å²) < 4.78 is 1.29. The Hall–Kier alpha value is -0.330. The fraction of sp³-hybridized carbons (Fsp3) is 0.545. The largest absolute Gasteiger partial charge is 0.480 e. The van der Waals surface area contributed by atoms with Crippen molar-refractivity contribution in [1.29, 1.82) is 0 Å². The van der Waals surface area contributed by atoms with E-state index in [1.54, 1.807) is 0 Å². The molecule has 0 aliphatic carbocycles. The Bertz CT molecular complexity index is 480. The molecule has 7 heteroatoms. The van der Waals surface area contributed by atoms with E-state index in [-0.39, 0.29) is 6.04 Å². The van der Waals surface area contributed by atoms with Gasteiger partial charge in [0.1, 0.15) is 5.54 Å². The van der Waals surface area contributed by atoms with E-state index in [2.05, 4.69) is 0 Å². The van der Waals surface area contributed by atoms with E-state index in [1.165, 1.54) is 11.3 Å². The van der Waals surface area contributed by atoms with E-state index in [9.17, 15) is 4.79 Å². The zero-order chi connectivity index (χ0) is 13.5. The van der Waals surface area contributed by atoms with Crippen LogP contribution in [-0.4, -0.2) is 34.6 Å². The van der Waals surface area contributed by atoms with Crippen LogP contribution in [0.3, 0.4) is 0 Å². The van der Waals surface area contributed by atoms with E-state index in [1.807, 2.05) is 17.9 Å². The molecule has 0 saturated carbocycles. The quantitative estimate of drug-likeness (QED) is 0.900. The first-order chi connectivity index (χ1) is 8.33. The Morgan fingerprint density at radius 2 is 2.33 bits per heavy atom. The second kappa shape index (κ2) is 4.98. The molecule has 18 heavy (non-hydrogen) atoms. The number of hydrogen-bond donors (Lipinski definition) is 2. The highest BCUT2D eigenvalue weighted by Gasteiger charge is 2.43. The summed E-state index contributed by atoms with van der Waals surface area (Å²) in [6.07, 6.45) is 0.447. The summed E-state index contributed by atoms with van der Waals surface area (Å²) in [5, 5.41) is 9.10. The minimum absolute atomic E-state index is 0.0195. The van der Waals surface area contributed by atoms with Gasteiger partial charge in [0.25, 0.3) is 0 Å². The molecule has 0 bridgehead atoms. The Kier molecular flexibility index (Phi) is 3.90. The molecular formula is C11H14Cl2N2O2S. The maximum atomic E-state index is 11.1. The average Bonchev–Trinajstić information content (AvgIpc) is 2.82. The third-order valence-corrected chi connectivity index (χ3v) is 4.96. The summed E-state index contributed by atoms with van der Waals surface area (Å²) in [4.78, 5) is 13.1. The van der Waals surface area contributed by atoms with Crippen LogP contribution in [0.15, 0.2) is 6.07 Å². The number of aliphatic carboxylic acids is 1. The third kappa shape index (κ3) is 2.51. The fourth-order valence-corrected chi connectivity index (χ4v) is 3.84. The SMILES string of the molecule is CC(c1cc(Cl)sc1Cl)N1CCC(N)(C(=O)O)C1. The van der Waals surface area contributed by atoms with Crippen LogP contribution in [0.25, 0.3) is 0 Å². The molecule has 1 saturated heterocycles. The van der Waals surface area contributed by atoms with Crippen LogP contribution < -0.4 is 5.73 Å². The summed E-state index contributed by atoms with van der Waals surface area (Å²) >= 11 is 13.4. The number of halogens is 2. The summed E-state index contributed by atoms with van der Waals surface area (Å²) in [6.45, 7) is 2.96. The van der Waals surface area contributed by atoms with Crippen LogP contribution in [0.1, 0.15) is 24.9 Å². The summed E-state index contributed by atoms with van der Waals surface area (Å²) in [5.41, 5.74) is 5.63. The van der Waals surface area contributed by atoms with E-state index in [0.717, 1.165) is 5.56 Å². The molecule has 1 fully saturated rings. The van der Waals surface area contributed by atoms with E-state index >= 15 is 0 Å². The normalized spacial score (nSPS) is 26.4. The number of thiophene rings is 1. The molecule has 1 aromatic rings. The highest BCUT2D eigenvalue weighted by atomic mass is 35.5. The van der Waals surface area contributed by atoms with Crippen molar-refractivity contribution in [1.82, 2.24) is 4.90 Å². The monoisotopic (exact) mass is 308 g/mol. The van der Waals surface area contributed by atoms with Crippen molar-refractivity contribution in [2.45, 2.75) is 24.9 Å². The number of nitrogens with two attached hydrogens (primary N) is 1. The minimum Gasteiger partial charge on any atom is -0.480 e. The van der Waals surface area contributed by atoms with Crippen molar-refractivity contribution in [2.24, 2.45) is 5.73 Å². The molecule has 4 nitrogen and oxygen atoms in total. The predicted molar refractivity (Wildman–Crippen MR) is 73.5 cm³/mol. The lowest BCUT2D eigenvalue weighted by molar-refractivity contribution is -0.142. The summed E-state index contributed by atoms with van der Waals surface area (Å²) in [6, 6.07) is 1.85. The Balaban J connectivity index is 2.15. The first-order valence-corrected chi connectivity index (χ1v) is 7.12. The van der Waals surface area contributed by atoms with Crippen molar-refractivity contribution in [3.05, 3.63) is 20.3 Å². The molecule has 0 aromatic carbocycles. The predicted octanol–water partition coefficient (Wildman–Crippen LogP) is 2.60. The molecule has 100 valence electrons. The van der Waals surface area contributed by atoms with Crippen LogP contribution in [0.5, 0.6) is 0 Å². The number of carboxylic acids is 1. The van der Waals surface area contributed by atoms with Gasteiger partial charge in [0.15, 0.2) is 0 Å². The lowest BCUT2D eigenvalue weighted by atomic mass is 10.0. The standard InChI is InChI=1S/C11H14Cl2N2O2S/c1-6(7-4-8(12)18-9(7)13)15-3-2-11(14,5-15)10(16)17/h4,6H,2-3,5,14H2,1H3,(H,16,17). The van der Waals surface area contributed by atoms with Crippen molar-refractivity contribution in [2.75, 3.05) is 13.1 Å². The van der Waals surface area contributed by atoms with Crippen LogP contribution >= 0.6 is 34.5 Å². The van der Waals surface area contributed by atoms with Gasteiger partial charge in [-0.25, -0.2) is 0 Å². The molecule has 1 aromatic heterocycles. The molecule has 1 aliphatic heterocycles. The molecule has 2 unspecified atom stereocenters. The van der Waals surface area contributed by atoms with Gasteiger partial charge in [0.2, 0.25) is 0 Å². The van der Waals surface area contributed by atoms with E-state index in [0.29, 0.717) is 28.2 Å². The molecule has 2 heterocycles. The van der Waals surface area contributed by atoms with Gasteiger partial charge in [-0.15, -0.1) is 11.3 Å². The highest BCUT2D eigenvalue weighted by Crippen LogP contribution is 2.38. The van der Waals surface area contributed by atoms with Gasteiger partial charge < -0.3 is 10.8 Å². The molecule has 0 amide bonds. The van der Waals surface area contributed by atoms with Crippen molar-refractivity contribution in [3.63, 3.8) is 0 Å². The third-order valence-electron chi connectivity index (χ3n) is 3.44. The van der Waals surface area contributed by atoms with E-state index in [4.69, 9.17) is 34.0 Å². The summed E-state index contributed by atoms with van der Waals surface area (Å²) in [7, 11) is 0. The number of rotatable bonds is 3. The zero-order valence-corrected chi connectivity index (χ0v) is 12.1. The number of carboxylic acid groups (broad SMARTS) is 1. The van der Waals surface area contributed by atoms with E-state index < -0.39 is 11.5 Å². The van der Waals surface area contributed by atoms with Gasteiger partial charge in [0.05, 0.1) is 8.67 Å². The first kappa shape index (κ1) is 14.1. The minimum atomic E-state index is -1.15. The van der Waals surface area contributed by atoms with Crippen LogP contribution in [0.2, 0.25) is 8.67 Å².